The molecule has 29 heavy (non-hydrogen) atoms. The average Bonchev–Trinajstić information content (AvgIpc) is 3.15. The summed E-state index contributed by atoms with van der Waals surface area (Å²) in [5, 5.41) is 9.34. The summed E-state index contributed by atoms with van der Waals surface area (Å²) >= 11 is 5.24. The van der Waals surface area contributed by atoms with E-state index >= 15 is 0 Å². The topological polar surface area (TPSA) is 73.2 Å². The maximum Gasteiger partial charge on any atom is 0.270 e. The van der Waals surface area contributed by atoms with Crippen molar-refractivity contribution in [3.63, 3.8) is 0 Å². The summed E-state index contributed by atoms with van der Waals surface area (Å²) in [5.41, 5.74) is 1.41. The molecule has 2 aromatic rings. The maximum atomic E-state index is 14.8. The first kappa shape index (κ1) is 20.0. The zero-order valence-corrected chi connectivity index (χ0v) is 17.8. The number of fused-ring (bicyclic) bond motifs is 1. The first-order valence-corrected chi connectivity index (χ1v) is 10.9. The van der Waals surface area contributed by atoms with Gasteiger partial charge in [0, 0.05) is 32.3 Å². The molecule has 0 radical (unpaired) electrons. The molecule has 0 aliphatic carbocycles. The predicted molar refractivity (Wildman–Crippen MR) is 117 cm³/mol. The molecule has 2 aromatic heterocycles. The summed E-state index contributed by atoms with van der Waals surface area (Å²) in [6.07, 6.45) is 3.92. The molecule has 1 fully saturated rings. The molecular formula is C20H22FN5OS2. The van der Waals surface area contributed by atoms with Crippen LogP contribution in [-0.2, 0) is 6.42 Å². The van der Waals surface area contributed by atoms with Gasteiger partial charge in [-0.15, -0.1) is 24.0 Å². The van der Waals surface area contributed by atoms with E-state index in [0.29, 0.717) is 51.5 Å². The van der Waals surface area contributed by atoms with Gasteiger partial charge in [0.1, 0.15) is 15.7 Å². The van der Waals surface area contributed by atoms with Gasteiger partial charge >= 0.3 is 0 Å². The van der Waals surface area contributed by atoms with Crippen LogP contribution in [0.2, 0.25) is 0 Å². The van der Waals surface area contributed by atoms with Crippen molar-refractivity contribution in [3.05, 3.63) is 39.8 Å². The monoisotopic (exact) mass is 431 g/mol. The Balaban J connectivity index is 1.61. The molecule has 0 unspecified atom stereocenters. The van der Waals surface area contributed by atoms with Gasteiger partial charge in [0.2, 0.25) is 5.95 Å². The van der Waals surface area contributed by atoms with E-state index in [-0.39, 0.29) is 5.91 Å². The number of aromatic nitrogens is 2. The van der Waals surface area contributed by atoms with E-state index in [0.717, 1.165) is 25.7 Å². The van der Waals surface area contributed by atoms with E-state index in [1.165, 1.54) is 28.1 Å². The van der Waals surface area contributed by atoms with Crippen molar-refractivity contribution in [2.24, 2.45) is 5.92 Å². The number of hydrogen-bond donors (Lipinski definition) is 2. The molecular weight excluding hydrogens is 409 g/mol. The van der Waals surface area contributed by atoms with Gasteiger partial charge in [-0.05, 0) is 36.3 Å². The van der Waals surface area contributed by atoms with Crippen LogP contribution in [0.1, 0.15) is 35.1 Å². The number of carbonyl (C=O) groups is 1. The maximum absolute atomic E-state index is 14.8. The lowest BCUT2D eigenvalue weighted by molar-refractivity contribution is 0.0805. The summed E-state index contributed by atoms with van der Waals surface area (Å²) in [5.74, 6) is 0.429. The van der Waals surface area contributed by atoms with Crippen LogP contribution in [0.25, 0.3) is 10.6 Å². The number of pyridine rings is 1. The SMILES string of the molecule is C[C@@H]1CCCN(c2ccc(-c3nc4c(s3)C(=O)N(/C(C=N)=C/S)CC4)c(F)n2)C1. The Morgan fingerprint density at radius 2 is 2.21 bits per heavy atom. The number of hydrogen-bond acceptors (Lipinski definition) is 7. The molecule has 1 N–H and O–H groups in total. The number of piperidine rings is 1. The first-order chi connectivity index (χ1) is 14.0. The van der Waals surface area contributed by atoms with E-state index in [2.05, 4.69) is 34.4 Å². The highest BCUT2D eigenvalue weighted by molar-refractivity contribution is 7.83. The number of anilines is 1. The number of nitrogens with zero attached hydrogens (tertiary/aromatic N) is 4. The third kappa shape index (κ3) is 3.81. The zero-order valence-electron chi connectivity index (χ0n) is 16.1. The Bertz CT molecular complexity index is 989. The van der Waals surface area contributed by atoms with Gasteiger partial charge in [-0.2, -0.15) is 4.39 Å². The Hall–Kier alpha value is -2.26. The molecule has 2 aliphatic rings. The van der Waals surface area contributed by atoms with E-state index < -0.39 is 5.95 Å². The molecule has 9 heteroatoms. The molecule has 2 aliphatic heterocycles. The molecule has 4 rings (SSSR count). The van der Waals surface area contributed by atoms with Crippen molar-refractivity contribution in [2.45, 2.75) is 26.2 Å². The number of nitrogens with one attached hydrogen (secondary N) is 1. The number of amides is 1. The van der Waals surface area contributed by atoms with E-state index in [9.17, 15) is 9.18 Å². The fraction of sp³-hybridized carbons (Fsp3) is 0.400. The average molecular weight is 432 g/mol. The fourth-order valence-corrected chi connectivity index (χ4v) is 5.12. The van der Waals surface area contributed by atoms with Crippen molar-refractivity contribution in [1.82, 2.24) is 14.9 Å². The summed E-state index contributed by atoms with van der Waals surface area (Å²) in [4.78, 5) is 25.6. The van der Waals surface area contributed by atoms with Gasteiger partial charge < -0.3 is 15.2 Å². The van der Waals surface area contributed by atoms with Crippen LogP contribution in [0.15, 0.2) is 23.2 Å². The zero-order chi connectivity index (χ0) is 20.5. The molecule has 0 saturated carbocycles. The van der Waals surface area contributed by atoms with Crippen LogP contribution in [0.5, 0.6) is 0 Å². The van der Waals surface area contributed by atoms with E-state index in [1.807, 2.05) is 6.07 Å². The summed E-state index contributed by atoms with van der Waals surface area (Å²) in [6.45, 7) is 4.39. The Kier molecular flexibility index (Phi) is 5.69. The Morgan fingerprint density at radius 3 is 2.90 bits per heavy atom. The fourth-order valence-electron chi connectivity index (χ4n) is 3.83. The van der Waals surface area contributed by atoms with Gasteiger partial charge in [0.15, 0.2) is 0 Å². The third-order valence-electron chi connectivity index (χ3n) is 5.35. The van der Waals surface area contributed by atoms with Crippen molar-refractivity contribution in [3.8, 4) is 10.6 Å². The van der Waals surface area contributed by atoms with Crippen LogP contribution >= 0.6 is 24.0 Å². The molecule has 1 amide bonds. The highest BCUT2D eigenvalue weighted by Gasteiger charge is 2.30. The van der Waals surface area contributed by atoms with Crippen molar-refractivity contribution < 1.29 is 9.18 Å². The van der Waals surface area contributed by atoms with Crippen molar-refractivity contribution in [2.75, 3.05) is 24.5 Å². The second-order valence-corrected chi connectivity index (χ2v) is 8.66. The number of allylic oxidation sites excluding steroid dienone is 1. The first-order valence-electron chi connectivity index (χ1n) is 9.60. The lowest BCUT2D eigenvalue weighted by Crippen LogP contribution is -2.36. The van der Waals surface area contributed by atoms with E-state index in [1.54, 1.807) is 6.07 Å². The molecule has 152 valence electrons. The molecule has 1 atom stereocenters. The van der Waals surface area contributed by atoms with Gasteiger partial charge in [-0.1, -0.05) is 6.92 Å². The minimum Gasteiger partial charge on any atom is -0.356 e. The Labute approximate surface area is 178 Å². The molecule has 0 bridgehead atoms. The predicted octanol–water partition coefficient (Wildman–Crippen LogP) is 4.00. The van der Waals surface area contributed by atoms with Crippen LogP contribution in [-0.4, -0.2) is 46.6 Å². The molecule has 4 heterocycles. The standard InChI is InChI=1S/C20H22FN5OS2/c1-12-3-2-7-25(10-12)16-5-4-14(18(21)24-16)19-23-15-6-8-26(13(9-22)11-28)20(27)17(15)29-19/h4-5,9,11-12,22,28H,2-3,6-8,10H2,1H3/b13-11+,22-9?/t12-/m1/s1. The lowest BCUT2D eigenvalue weighted by Gasteiger charge is -2.31. The molecule has 0 spiro atoms. The number of carbonyl (C=O) groups excluding carboxylic acids is 1. The van der Waals surface area contributed by atoms with Gasteiger partial charge in [-0.25, -0.2) is 9.97 Å². The van der Waals surface area contributed by atoms with Crippen LogP contribution < -0.4 is 4.90 Å². The number of halogens is 1. The minimum atomic E-state index is -0.563. The highest BCUT2D eigenvalue weighted by atomic mass is 32.1. The quantitative estimate of drug-likeness (QED) is 0.436. The van der Waals surface area contributed by atoms with Gasteiger partial charge in [0.05, 0.1) is 17.0 Å². The number of thiazole rings is 1. The van der Waals surface area contributed by atoms with E-state index in [4.69, 9.17) is 5.41 Å². The lowest BCUT2D eigenvalue weighted by atomic mass is 10.0. The van der Waals surface area contributed by atoms with Crippen LogP contribution in [0.3, 0.4) is 0 Å². The third-order valence-corrected chi connectivity index (χ3v) is 6.73. The number of thiol groups is 1. The summed E-state index contributed by atoms with van der Waals surface area (Å²) in [6, 6.07) is 3.54. The largest absolute Gasteiger partial charge is 0.356 e. The second-order valence-electron chi connectivity index (χ2n) is 7.40. The molecule has 0 aromatic carbocycles. The highest BCUT2D eigenvalue weighted by Crippen LogP contribution is 2.34. The second kappa shape index (κ2) is 8.23. The van der Waals surface area contributed by atoms with Crippen LogP contribution in [0.4, 0.5) is 10.2 Å². The number of rotatable bonds is 4. The van der Waals surface area contributed by atoms with Crippen LogP contribution in [0, 0.1) is 17.3 Å². The molecule has 6 nitrogen and oxygen atoms in total. The normalized spacial score (nSPS) is 20.0. The summed E-state index contributed by atoms with van der Waals surface area (Å²) < 4.78 is 14.8. The van der Waals surface area contributed by atoms with Crippen molar-refractivity contribution in [1.29, 1.82) is 5.41 Å². The van der Waals surface area contributed by atoms with Crippen molar-refractivity contribution >= 4 is 41.9 Å². The molecule has 1 saturated heterocycles. The van der Waals surface area contributed by atoms with Gasteiger partial charge in [-0.3, -0.25) is 4.79 Å². The van der Waals surface area contributed by atoms with Gasteiger partial charge in [0.25, 0.3) is 5.91 Å². The summed E-state index contributed by atoms with van der Waals surface area (Å²) in [7, 11) is 0. The Morgan fingerprint density at radius 1 is 1.38 bits per heavy atom. The minimum absolute atomic E-state index is 0.230. The smallest absolute Gasteiger partial charge is 0.270 e.